The summed E-state index contributed by atoms with van der Waals surface area (Å²) in [5, 5.41) is 11.5. The maximum Gasteiger partial charge on any atom is 0.236 e. The number of nitrogens with one attached hydrogen (secondary N) is 1. The molecule has 70 valence electrons. The predicted octanol–water partition coefficient (Wildman–Crippen LogP) is 0.433. The number of imidazole rings is 1. The van der Waals surface area contributed by atoms with E-state index in [2.05, 4.69) is 33.1 Å². The third-order valence-electron chi connectivity index (χ3n) is 1.72. The molecule has 0 saturated carbocycles. The molecule has 0 bridgehead atoms. The largest absolute Gasteiger partial charge is 0.371 e. The van der Waals surface area contributed by atoms with Gasteiger partial charge in [-0.05, 0) is 0 Å². The van der Waals surface area contributed by atoms with Crippen molar-refractivity contribution in [1.82, 2.24) is 18.9 Å². The minimum absolute atomic E-state index is 0.0950. The lowest BCUT2D eigenvalue weighted by Crippen LogP contribution is -1.99. The molecule has 0 aliphatic heterocycles. The molecule has 2 heterocycles. The molecule has 2 aromatic rings. The zero-order valence-electron chi connectivity index (χ0n) is 7.26. The van der Waals surface area contributed by atoms with Gasteiger partial charge in [-0.15, -0.1) is 0 Å². The number of aromatic nitrogens is 4. The molecule has 0 amide bonds. The highest BCUT2D eigenvalue weighted by Gasteiger charge is 2.10. The summed E-state index contributed by atoms with van der Waals surface area (Å²) < 4.78 is 1.44. The van der Waals surface area contributed by atoms with E-state index < -0.39 is 0 Å². The van der Waals surface area contributed by atoms with Crippen LogP contribution in [0.15, 0.2) is 6.33 Å². The zero-order valence-corrected chi connectivity index (χ0v) is 8.16. The molecule has 0 aliphatic rings. The van der Waals surface area contributed by atoms with Gasteiger partial charge in [-0.1, -0.05) is 12.8 Å². The van der Waals surface area contributed by atoms with E-state index in [0.29, 0.717) is 17.0 Å². The lowest BCUT2D eigenvalue weighted by atomic mass is 10.4. The normalized spacial score (nSPS) is 10.1. The van der Waals surface area contributed by atoms with E-state index in [1.807, 2.05) is 6.07 Å². The second-order valence-corrected chi connectivity index (χ2v) is 2.95. The first-order chi connectivity index (χ1) is 6.76. The van der Waals surface area contributed by atoms with Crippen LogP contribution < -0.4 is 5.32 Å². The van der Waals surface area contributed by atoms with Gasteiger partial charge in [0.15, 0.2) is 17.0 Å². The SMILES string of the molecule is CNc1nc(C#N)nc2c1ncn2S. The third-order valence-corrected chi connectivity index (χ3v) is 2.01. The van der Waals surface area contributed by atoms with Gasteiger partial charge in [-0.2, -0.15) is 15.2 Å². The summed E-state index contributed by atoms with van der Waals surface area (Å²) in [5.41, 5.74) is 1.12. The number of nitriles is 1. The van der Waals surface area contributed by atoms with Crippen molar-refractivity contribution < 1.29 is 0 Å². The number of hydrogen-bond donors (Lipinski definition) is 2. The summed E-state index contributed by atoms with van der Waals surface area (Å²) in [7, 11) is 1.71. The summed E-state index contributed by atoms with van der Waals surface area (Å²) in [6, 6.07) is 1.87. The molecule has 0 aromatic carbocycles. The van der Waals surface area contributed by atoms with Crippen molar-refractivity contribution in [3.05, 3.63) is 12.2 Å². The number of anilines is 1. The number of rotatable bonds is 1. The second-order valence-electron chi connectivity index (χ2n) is 2.52. The molecule has 0 aliphatic carbocycles. The Balaban J connectivity index is 2.84. The van der Waals surface area contributed by atoms with Crippen molar-refractivity contribution in [2.45, 2.75) is 0 Å². The molecule has 14 heavy (non-hydrogen) atoms. The van der Waals surface area contributed by atoms with E-state index in [0.717, 1.165) is 0 Å². The van der Waals surface area contributed by atoms with Crippen LogP contribution in [0, 0.1) is 11.3 Å². The van der Waals surface area contributed by atoms with Gasteiger partial charge in [0.2, 0.25) is 5.82 Å². The van der Waals surface area contributed by atoms with Crippen LogP contribution in [0.2, 0.25) is 0 Å². The maximum absolute atomic E-state index is 8.69. The first-order valence-electron chi connectivity index (χ1n) is 3.78. The van der Waals surface area contributed by atoms with Crippen LogP contribution in [0.25, 0.3) is 11.2 Å². The van der Waals surface area contributed by atoms with E-state index in [4.69, 9.17) is 5.26 Å². The zero-order chi connectivity index (χ0) is 10.1. The highest BCUT2D eigenvalue weighted by atomic mass is 32.1. The highest BCUT2D eigenvalue weighted by molar-refractivity contribution is 7.78. The molecule has 0 fully saturated rings. The van der Waals surface area contributed by atoms with Crippen LogP contribution in [-0.2, 0) is 0 Å². The fourth-order valence-electron chi connectivity index (χ4n) is 1.11. The molecule has 6 nitrogen and oxygen atoms in total. The molecule has 2 rings (SSSR count). The second kappa shape index (κ2) is 3.16. The summed E-state index contributed by atoms with van der Waals surface area (Å²) in [6.07, 6.45) is 1.50. The number of nitrogens with zero attached hydrogens (tertiary/aromatic N) is 5. The predicted molar refractivity (Wildman–Crippen MR) is 54.0 cm³/mol. The minimum Gasteiger partial charge on any atom is -0.371 e. The van der Waals surface area contributed by atoms with Gasteiger partial charge < -0.3 is 5.32 Å². The Bertz CT molecular complexity index is 525. The van der Waals surface area contributed by atoms with Crippen LogP contribution in [0.4, 0.5) is 5.82 Å². The third kappa shape index (κ3) is 1.16. The molecule has 0 spiro atoms. The van der Waals surface area contributed by atoms with Gasteiger partial charge in [-0.25, -0.2) is 4.98 Å². The Morgan fingerprint density at radius 2 is 2.36 bits per heavy atom. The lowest BCUT2D eigenvalue weighted by molar-refractivity contribution is 1.13. The van der Waals surface area contributed by atoms with Crippen molar-refractivity contribution in [3.8, 4) is 6.07 Å². The topological polar surface area (TPSA) is 79.4 Å². The quantitative estimate of drug-likeness (QED) is 0.661. The molecule has 7 heteroatoms. The summed E-state index contributed by atoms with van der Waals surface area (Å²) in [6.45, 7) is 0. The molecule has 2 aromatic heterocycles. The molecule has 0 radical (unpaired) electrons. The Kier molecular flexibility index (Phi) is 1.98. The number of hydrogen-bond acceptors (Lipinski definition) is 6. The Morgan fingerprint density at radius 3 is 3.00 bits per heavy atom. The number of thiol groups is 1. The van der Waals surface area contributed by atoms with Crippen molar-refractivity contribution >= 4 is 29.8 Å². The molecule has 0 unspecified atom stereocenters. The van der Waals surface area contributed by atoms with E-state index in [1.54, 1.807) is 7.05 Å². The number of fused-ring (bicyclic) bond motifs is 1. The van der Waals surface area contributed by atoms with Crippen molar-refractivity contribution in [2.75, 3.05) is 12.4 Å². The fourth-order valence-corrected chi connectivity index (χ4v) is 1.30. The van der Waals surface area contributed by atoms with Gasteiger partial charge in [0.1, 0.15) is 12.4 Å². The van der Waals surface area contributed by atoms with Crippen molar-refractivity contribution in [3.63, 3.8) is 0 Å². The lowest BCUT2D eigenvalue weighted by Gasteiger charge is -1.99. The first-order valence-corrected chi connectivity index (χ1v) is 4.18. The van der Waals surface area contributed by atoms with Gasteiger partial charge in [0.05, 0.1) is 0 Å². The summed E-state index contributed by atoms with van der Waals surface area (Å²) in [4.78, 5) is 12.0. The molecular weight excluding hydrogens is 200 g/mol. The van der Waals surface area contributed by atoms with E-state index >= 15 is 0 Å². The molecule has 1 N–H and O–H groups in total. The average Bonchev–Trinajstić information content (AvgIpc) is 2.59. The van der Waals surface area contributed by atoms with Crippen LogP contribution >= 0.6 is 12.8 Å². The maximum atomic E-state index is 8.69. The van der Waals surface area contributed by atoms with Crippen LogP contribution in [0.1, 0.15) is 5.82 Å². The highest BCUT2D eigenvalue weighted by Crippen LogP contribution is 2.18. The van der Waals surface area contributed by atoms with Crippen molar-refractivity contribution in [2.24, 2.45) is 0 Å². The van der Waals surface area contributed by atoms with E-state index in [9.17, 15) is 0 Å². The Labute approximate surface area is 85.2 Å². The molecule has 0 saturated heterocycles. The van der Waals surface area contributed by atoms with Crippen LogP contribution in [0.5, 0.6) is 0 Å². The van der Waals surface area contributed by atoms with E-state index in [-0.39, 0.29) is 5.82 Å². The summed E-state index contributed by atoms with van der Waals surface area (Å²) in [5.74, 6) is 0.622. The van der Waals surface area contributed by atoms with Gasteiger partial charge in [-0.3, -0.25) is 3.97 Å². The smallest absolute Gasteiger partial charge is 0.236 e. The standard InChI is InChI=1S/C7H6N6S/c1-9-6-5-7(13(14)3-10-5)12-4(2-8)11-6/h3,14H,1H3,(H,9,11,12). The fraction of sp³-hybridized carbons (Fsp3) is 0.143. The van der Waals surface area contributed by atoms with E-state index in [1.165, 1.54) is 10.3 Å². The summed E-state index contributed by atoms with van der Waals surface area (Å²) >= 11 is 4.10. The van der Waals surface area contributed by atoms with Gasteiger partial charge in [0.25, 0.3) is 0 Å². The van der Waals surface area contributed by atoms with Gasteiger partial charge in [0, 0.05) is 7.05 Å². The minimum atomic E-state index is 0.0950. The first kappa shape index (κ1) is 8.77. The van der Waals surface area contributed by atoms with Gasteiger partial charge >= 0.3 is 0 Å². The van der Waals surface area contributed by atoms with Crippen LogP contribution in [-0.4, -0.2) is 26.0 Å². The monoisotopic (exact) mass is 206 g/mol. The molecular formula is C7H6N6S. The average molecular weight is 206 g/mol. The van der Waals surface area contributed by atoms with Crippen molar-refractivity contribution in [1.29, 1.82) is 5.26 Å². The Morgan fingerprint density at radius 1 is 1.57 bits per heavy atom. The Hall–Kier alpha value is -1.81. The van der Waals surface area contributed by atoms with Crippen LogP contribution in [0.3, 0.4) is 0 Å². The molecule has 0 atom stereocenters.